The second-order valence-corrected chi connectivity index (χ2v) is 9.28. The molecule has 1 aliphatic rings. The zero-order valence-corrected chi connectivity index (χ0v) is 19.8. The molecule has 182 valence electrons. The van der Waals surface area contributed by atoms with Crippen molar-refractivity contribution < 1.29 is 24.3 Å². The van der Waals surface area contributed by atoms with Gasteiger partial charge in [0.05, 0.1) is 6.04 Å². The topological polar surface area (TPSA) is 142 Å². The number of hydrogen-bond donors (Lipinski definition) is 4. The van der Waals surface area contributed by atoms with Gasteiger partial charge in [0.25, 0.3) is 0 Å². The molecule has 5 N–H and O–H groups in total. The highest BCUT2D eigenvalue weighted by molar-refractivity contribution is 5.94. The molecule has 1 aromatic rings. The molecule has 0 saturated carbocycles. The lowest BCUT2D eigenvalue weighted by Gasteiger charge is -2.30. The standard InChI is InChI=1S/C24H36N4O5/c1-14(2)19(25)23(31)28-12-8-11-18(28)22(30)26-17(13-16-9-6-5-7-10-16)21(29)27-20(15(3)4)24(32)33/h5-7,9-10,14-15,17-20H,8,11-13,25H2,1-4H3,(H,26,30)(H,27,29)(H,32,33). The van der Waals surface area contributed by atoms with E-state index < -0.39 is 42.0 Å². The average molecular weight is 461 g/mol. The molecule has 9 nitrogen and oxygen atoms in total. The fourth-order valence-electron chi connectivity index (χ4n) is 3.87. The normalized spacial score (nSPS) is 18.6. The van der Waals surface area contributed by atoms with Crippen LogP contribution in [0.3, 0.4) is 0 Å². The summed E-state index contributed by atoms with van der Waals surface area (Å²) in [5.41, 5.74) is 6.84. The van der Waals surface area contributed by atoms with Gasteiger partial charge in [0.1, 0.15) is 18.1 Å². The van der Waals surface area contributed by atoms with E-state index in [1.807, 2.05) is 44.2 Å². The number of carboxylic acids is 1. The van der Waals surface area contributed by atoms with E-state index in [9.17, 15) is 24.3 Å². The zero-order chi connectivity index (χ0) is 24.7. The van der Waals surface area contributed by atoms with Crippen LogP contribution in [0.1, 0.15) is 46.1 Å². The number of hydrogen-bond acceptors (Lipinski definition) is 5. The van der Waals surface area contributed by atoms with Gasteiger partial charge < -0.3 is 26.4 Å². The molecule has 1 saturated heterocycles. The third kappa shape index (κ3) is 7.02. The lowest BCUT2D eigenvalue weighted by atomic mass is 10.0. The van der Waals surface area contributed by atoms with E-state index in [2.05, 4.69) is 10.6 Å². The molecule has 2 rings (SSSR count). The number of amides is 3. The second-order valence-electron chi connectivity index (χ2n) is 9.28. The van der Waals surface area contributed by atoms with Crippen LogP contribution < -0.4 is 16.4 Å². The van der Waals surface area contributed by atoms with Gasteiger partial charge in [-0.05, 0) is 30.2 Å². The molecule has 1 aliphatic heterocycles. The molecule has 3 amide bonds. The summed E-state index contributed by atoms with van der Waals surface area (Å²) >= 11 is 0. The van der Waals surface area contributed by atoms with Crippen molar-refractivity contribution in [2.24, 2.45) is 17.6 Å². The Morgan fingerprint density at radius 1 is 1.06 bits per heavy atom. The van der Waals surface area contributed by atoms with E-state index >= 15 is 0 Å². The first-order chi connectivity index (χ1) is 15.5. The molecule has 0 aromatic heterocycles. The first-order valence-electron chi connectivity index (χ1n) is 11.5. The van der Waals surface area contributed by atoms with Crippen molar-refractivity contribution >= 4 is 23.7 Å². The molecule has 4 atom stereocenters. The highest BCUT2D eigenvalue weighted by Crippen LogP contribution is 2.20. The van der Waals surface area contributed by atoms with E-state index in [0.29, 0.717) is 19.4 Å². The number of rotatable bonds is 10. The fourth-order valence-corrected chi connectivity index (χ4v) is 3.87. The maximum atomic E-state index is 13.2. The maximum Gasteiger partial charge on any atom is 0.326 e. The Bertz CT molecular complexity index is 843. The average Bonchev–Trinajstić information content (AvgIpc) is 3.26. The third-order valence-electron chi connectivity index (χ3n) is 5.99. The van der Waals surface area contributed by atoms with Gasteiger partial charge >= 0.3 is 5.97 Å². The molecule has 1 heterocycles. The molecule has 33 heavy (non-hydrogen) atoms. The quantitative estimate of drug-likeness (QED) is 0.409. The first-order valence-corrected chi connectivity index (χ1v) is 11.5. The number of carbonyl (C=O) groups is 4. The monoisotopic (exact) mass is 460 g/mol. The molecular weight excluding hydrogens is 424 g/mol. The van der Waals surface area contributed by atoms with Gasteiger partial charge in [-0.2, -0.15) is 0 Å². The minimum Gasteiger partial charge on any atom is -0.480 e. The van der Waals surface area contributed by atoms with Crippen LogP contribution in [0.4, 0.5) is 0 Å². The smallest absolute Gasteiger partial charge is 0.326 e. The van der Waals surface area contributed by atoms with Crippen LogP contribution in [0.25, 0.3) is 0 Å². The van der Waals surface area contributed by atoms with Crippen molar-refractivity contribution in [3.63, 3.8) is 0 Å². The molecule has 0 spiro atoms. The lowest BCUT2D eigenvalue weighted by molar-refractivity contribution is -0.144. The summed E-state index contributed by atoms with van der Waals surface area (Å²) in [5.74, 6) is -2.84. The Hall–Kier alpha value is -2.94. The lowest BCUT2D eigenvalue weighted by Crippen LogP contribution is -2.58. The summed E-state index contributed by atoms with van der Waals surface area (Å²) < 4.78 is 0. The SMILES string of the molecule is CC(C)C(N)C(=O)N1CCCC1C(=O)NC(Cc1ccccc1)C(=O)NC(C(=O)O)C(C)C. The van der Waals surface area contributed by atoms with Gasteiger partial charge in [-0.25, -0.2) is 4.79 Å². The number of carbonyl (C=O) groups excluding carboxylic acids is 3. The number of aliphatic carboxylic acids is 1. The van der Waals surface area contributed by atoms with Crippen molar-refractivity contribution in [2.45, 2.75) is 71.1 Å². The van der Waals surface area contributed by atoms with Crippen LogP contribution in [0, 0.1) is 11.8 Å². The van der Waals surface area contributed by atoms with E-state index in [1.54, 1.807) is 13.8 Å². The molecule has 4 unspecified atom stereocenters. The van der Waals surface area contributed by atoms with Crippen LogP contribution in [-0.4, -0.2) is 64.4 Å². The summed E-state index contributed by atoms with van der Waals surface area (Å²) in [4.78, 5) is 52.1. The number of nitrogens with zero attached hydrogens (tertiary/aromatic N) is 1. The van der Waals surface area contributed by atoms with Crippen LogP contribution >= 0.6 is 0 Å². The predicted octanol–water partition coefficient (Wildman–Crippen LogP) is 0.914. The van der Waals surface area contributed by atoms with Gasteiger partial charge in [0.15, 0.2) is 0 Å². The largest absolute Gasteiger partial charge is 0.480 e. The summed E-state index contributed by atoms with van der Waals surface area (Å²) in [6.07, 6.45) is 1.33. The van der Waals surface area contributed by atoms with Crippen molar-refractivity contribution in [1.29, 1.82) is 0 Å². The minimum absolute atomic E-state index is 0.0672. The zero-order valence-electron chi connectivity index (χ0n) is 19.8. The summed E-state index contributed by atoms with van der Waals surface area (Å²) in [6, 6.07) is 5.66. The van der Waals surface area contributed by atoms with Crippen LogP contribution in [-0.2, 0) is 25.6 Å². The number of carboxylic acid groups (broad SMARTS) is 1. The van der Waals surface area contributed by atoms with Crippen molar-refractivity contribution in [3.05, 3.63) is 35.9 Å². The minimum atomic E-state index is -1.14. The highest BCUT2D eigenvalue weighted by Gasteiger charge is 2.38. The van der Waals surface area contributed by atoms with Gasteiger partial charge in [-0.3, -0.25) is 14.4 Å². The van der Waals surface area contributed by atoms with Gasteiger partial charge in [0.2, 0.25) is 17.7 Å². The molecule has 9 heteroatoms. The van der Waals surface area contributed by atoms with Crippen LogP contribution in [0.2, 0.25) is 0 Å². The van der Waals surface area contributed by atoms with E-state index in [-0.39, 0.29) is 24.2 Å². The molecule has 0 bridgehead atoms. The molecule has 1 aromatic carbocycles. The maximum absolute atomic E-state index is 13.2. The number of nitrogens with one attached hydrogen (secondary N) is 2. The highest BCUT2D eigenvalue weighted by atomic mass is 16.4. The third-order valence-corrected chi connectivity index (χ3v) is 5.99. The van der Waals surface area contributed by atoms with Crippen molar-refractivity contribution in [1.82, 2.24) is 15.5 Å². The van der Waals surface area contributed by atoms with Crippen LogP contribution in [0.5, 0.6) is 0 Å². The van der Waals surface area contributed by atoms with Gasteiger partial charge in [0, 0.05) is 13.0 Å². The summed E-state index contributed by atoms with van der Waals surface area (Å²) in [5, 5.41) is 14.8. The predicted molar refractivity (Wildman–Crippen MR) is 124 cm³/mol. The second kappa shape index (κ2) is 11.8. The molecular formula is C24H36N4O5. The number of nitrogens with two attached hydrogens (primary N) is 1. The van der Waals surface area contributed by atoms with Crippen molar-refractivity contribution in [2.75, 3.05) is 6.54 Å². The number of benzene rings is 1. The van der Waals surface area contributed by atoms with E-state index in [0.717, 1.165) is 5.56 Å². The van der Waals surface area contributed by atoms with Gasteiger partial charge in [-0.1, -0.05) is 58.0 Å². The molecule has 1 fully saturated rings. The fraction of sp³-hybridized carbons (Fsp3) is 0.583. The Morgan fingerprint density at radius 2 is 1.70 bits per heavy atom. The van der Waals surface area contributed by atoms with Crippen LogP contribution in [0.15, 0.2) is 30.3 Å². The first kappa shape index (κ1) is 26.3. The summed E-state index contributed by atoms with van der Waals surface area (Å²) in [6.45, 7) is 7.53. The van der Waals surface area contributed by atoms with E-state index in [1.165, 1.54) is 4.90 Å². The molecule has 0 aliphatic carbocycles. The van der Waals surface area contributed by atoms with E-state index in [4.69, 9.17) is 5.73 Å². The number of likely N-dealkylation sites (tertiary alicyclic amines) is 1. The Labute approximate surface area is 195 Å². The summed E-state index contributed by atoms with van der Waals surface area (Å²) in [7, 11) is 0. The Kier molecular flexibility index (Phi) is 9.40. The molecule has 0 radical (unpaired) electrons. The van der Waals surface area contributed by atoms with Gasteiger partial charge in [-0.15, -0.1) is 0 Å². The van der Waals surface area contributed by atoms with Crippen molar-refractivity contribution in [3.8, 4) is 0 Å². The Balaban J connectivity index is 2.20. The Morgan fingerprint density at radius 3 is 2.24 bits per heavy atom.